The molecule has 0 radical (unpaired) electrons. The summed E-state index contributed by atoms with van der Waals surface area (Å²) in [6.07, 6.45) is 19.0. The summed E-state index contributed by atoms with van der Waals surface area (Å²) in [6.45, 7) is 4.10. The van der Waals surface area contributed by atoms with E-state index in [2.05, 4.69) is 0 Å². The molecule has 0 bridgehead atoms. The van der Waals surface area contributed by atoms with Crippen LogP contribution in [-0.4, -0.2) is 25.2 Å². The van der Waals surface area contributed by atoms with E-state index in [0.29, 0.717) is 13.2 Å². The third kappa shape index (κ3) is 22.9. The molecule has 0 atom stereocenters. The average molecular weight is 357 g/mol. The summed E-state index contributed by atoms with van der Waals surface area (Å²) in [5, 5.41) is 0. The van der Waals surface area contributed by atoms with Crippen molar-refractivity contribution in [3.05, 3.63) is 0 Å². The Bertz CT molecular complexity index is 285. The fraction of sp³-hybridized carbons (Fsp3) is 0.905. The Labute approximate surface area is 155 Å². The second-order valence-electron chi connectivity index (χ2n) is 6.98. The van der Waals surface area contributed by atoms with E-state index in [1.165, 1.54) is 97.3 Å². The first-order valence-electron chi connectivity index (χ1n) is 10.4. The normalized spacial score (nSPS) is 10.6. The van der Waals surface area contributed by atoms with E-state index in [9.17, 15) is 9.59 Å². The Morgan fingerprint density at radius 2 is 0.640 bits per heavy atom. The number of rotatable bonds is 18. The van der Waals surface area contributed by atoms with Gasteiger partial charge in [0, 0.05) is 13.8 Å². The molecule has 0 fully saturated rings. The van der Waals surface area contributed by atoms with Crippen LogP contribution in [-0.2, 0) is 19.1 Å². The molecule has 4 heteroatoms. The van der Waals surface area contributed by atoms with Crippen molar-refractivity contribution in [3.63, 3.8) is 0 Å². The molecule has 0 saturated heterocycles. The summed E-state index contributed by atoms with van der Waals surface area (Å²) < 4.78 is 9.84. The van der Waals surface area contributed by atoms with E-state index in [4.69, 9.17) is 9.47 Å². The van der Waals surface area contributed by atoms with E-state index in [0.717, 1.165) is 12.8 Å². The quantitative estimate of drug-likeness (QED) is 0.224. The van der Waals surface area contributed by atoms with Crippen molar-refractivity contribution in [1.29, 1.82) is 0 Å². The molecule has 148 valence electrons. The molecule has 0 rings (SSSR count). The van der Waals surface area contributed by atoms with Gasteiger partial charge in [0.25, 0.3) is 0 Å². The minimum absolute atomic E-state index is 0.167. The lowest BCUT2D eigenvalue weighted by Crippen LogP contribution is -2.00. The highest BCUT2D eigenvalue weighted by atomic mass is 16.5. The molecule has 0 aliphatic carbocycles. The molecular weight excluding hydrogens is 316 g/mol. The van der Waals surface area contributed by atoms with Gasteiger partial charge in [0.1, 0.15) is 0 Å². The van der Waals surface area contributed by atoms with Gasteiger partial charge in [-0.15, -0.1) is 0 Å². The second kappa shape index (κ2) is 19.3. The maximum Gasteiger partial charge on any atom is 0.302 e. The van der Waals surface area contributed by atoms with Crippen LogP contribution in [0.1, 0.15) is 110 Å². The number of hydrogen-bond acceptors (Lipinski definition) is 4. The highest BCUT2D eigenvalue weighted by molar-refractivity contribution is 5.66. The lowest BCUT2D eigenvalue weighted by Gasteiger charge is -2.04. The predicted molar refractivity (Wildman–Crippen MR) is 103 cm³/mol. The molecule has 0 amide bonds. The van der Waals surface area contributed by atoms with E-state index in [1.807, 2.05) is 0 Å². The SMILES string of the molecule is CC(=O)OCCCCCCCCCCCCCCCCCOC(C)=O. The Morgan fingerprint density at radius 3 is 0.840 bits per heavy atom. The van der Waals surface area contributed by atoms with E-state index in [-0.39, 0.29) is 11.9 Å². The summed E-state index contributed by atoms with van der Waals surface area (Å²) in [5.41, 5.74) is 0. The lowest BCUT2D eigenvalue weighted by molar-refractivity contribution is -0.142. The van der Waals surface area contributed by atoms with Crippen LogP contribution in [0.5, 0.6) is 0 Å². The number of carbonyl (C=O) groups is 2. The molecule has 4 nitrogen and oxygen atoms in total. The molecule has 0 aromatic rings. The number of hydrogen-bond donors (Lipinski definition) is 0. The Morgan fingerprint density at radius 1 is 0.440 bits per heavy atom. The molecule has 0 spiro atoms. The van der Waals surface area contributed by atoms with Crippen LogP contribution in [0.2, 0.25) is 0 Å². The van der Waals surface area contributed by atoms with Crippen LogP contribution in [0.15, 0.2) is 0 Å². The van der Waals surface area contributed by atoms with Crippen molar-refractivity contribution in [1.82, 2.24) is 0 Å². The van der Waals surface area contributed by atoms with Crippen LogP contribution in [0.25, 0.3) is 0 Å². The molecule has 0 saturated carbocycles. The third-order valence-electron chi connectivity index (χ3n) is 4.40. The molecular formula is C21H40O4. The smallest absolute Gasteiger partial charge is 0.302 e. The maximum absolute atomic E-state index is 10.6. The van der Waals surface area contributed by atoms with Gasteiger partial charge in [-0.25, -0.2) is 0 Å². The molecule has 0 unspecified atom stereocenters. The molecule has 0 heterocycles. The number of carbonyl (C=O) groups excluding carboxylic acids is 2. The minimum Gasteiger partial charge on any atom is -0.466 e. The van der Waals surface area contributed by atoms with Crippen molar-refractivity contribution in [3.8, 4) is 0 Å². The predicted octanol–water partition coefficient (Wildman–Crippen LogP) is 5.96. The van der Waals surface area contributed by atoms with Crippen molar-refractivity contribution < 1.29 is 19.1 Å². The zero-order valence-electron chi connectivity index (χ0n) is 16.7. The number of esters is 2. The highest BCUT2D eigenvalue weighted by Crippen LogP contribution is 2.13. The Balaban J connectivity index is 3.00. The van der Waals surface area contributed by atoms with Gasteiger partial charge in [-0.1, -0.05) is 83.5 Å². The summed E-state index contributed by atoms with van der Waals surface area (Å²) >= 11 is 0. The van der Waals surface area contributed by atoms with Crippen molar-refractivity contribution in [2.45, 2.75) is 110 Å². The van der Waals surface area contributed by atoms with Crippen LogP contribution in [0, 0.1) is 0 Å². The molecule has 0 aromatic carbocycles. The molecule has 0 aromatic heterocycles. The van der Waals surface area contributed by atoms with Gasteiger partial charge >= 0.3 is 11.9 Å². The minimum atomic E-state index is -0.167. The second-order valence-corrected chi connectivity index (χ2v) is 6.98. The third-order valence-corrected chi connectivity index (χ3v) is 4.40. The maximum atomic E-state index is 10.6. The summed E-state index contributed by atoms with van der Waals surface area (Å²) in [6, 6.07) is 0. The van der Waals surface area contributed by atoms with Gasteiger partial charge < -0.3 is 9.47 Å². The first kappa shape index (κ1) is 23.9. The number of unbranched alkanes of at least 4 members (excludes halogenated alkanes) is 14. The lowest BCUT2D eigenvalue weighted by atomic mass is 10.0. The van der Waals surface area contributed by atoms with E-state index in [1.54, 1.807) is 0 Å². The van der Waals surface area contributed by atoms with Gasteiger partial charge in [-0.05, 0) is 12.8 Å². The fourth-order valence-electron chi connectivity index (χ4n) is 2.93. The van der Waals surface area contributed by atoms with E-state index >= 15 is 0 Å². The topological polar surface area (TPSA) is 52.6 Å². The Hall–Kier alpha value is -1.06. The Kier molecular flexibility index (Phi) is 18.5. The fourth-order valence-corrected chi connectivity index (χ4v) is 2.93. The first-order valence-corrected chi connectivity index (χ1v) is 10.4. The number of ether oxygens (including phenoxy) is 2. The van der Waals surface area contributed by atoms with Gasteiger partial charge in [0.05, 0.1) is 13.2 Å². The van der Waals surface area contributed by atoms with Crippen LogP contribution in [0.4, 0.5) is 0 Å². The van der Waals surface area contributed by atoms with E-state index < -0.39 is 0 Å². The van der Waals surface area contributed by atoms with Crippen LogP contribution < -0.4 is 0 Å². The van der Waals surface area contributed by atoms with Crippen molar-refractivity contribution in [2.24, 2.45) is 0 Å². The largest absolute Gasteiger partial charge is 0.466 e. The summed E-state index contributed by atoms with van der Waals surface area (Å²) in [7, 11) is 0. The van der Waals surface area contributed by atoms with Crippen LogP contribution in [0.3, 0.4) is 0 Å². The van der Waals surface area contributed by atoms with Crippen molar-refractivity contribution in [2.75, 3.05) is 13.2 Å². The summed E-state index contributed by atoms with van der Waals surface area (Å²) in [4.78, 5) is 21.2. The summed E-state index contributed by atoms with van der Waals surface area (Å²) in [5.74, 6) is -0.335. The monoisotopic (exact) mass is 356 g/mol. The zero-order chi connectivity index (χ0) is 18.6. The average Bonchev–Trinajstić information content (AvgIpc) is 2.56. The van der Waals surface area contributed by atoms with Gasteiger partial charge in [0.15, 0.2) is 0 Å². The first-order chi connectivity index (χ1) is 12.1. The van der Waals surface area contributed by atoms with Gasteiger partial charge in [-0.3, -0.25) is 9.59 Å². The van der Waals surface area contributed by atoms with Gasteiger partial charge in [-0.2, -0.15) is 0 Å². The molecule has 25 heavy (non-hydrogen) atoms. The molecule has 0 N–H and O–H groups in total. The van der Waals surface area contributed by atoms with Gasteiger partial charge in [0.2, 0.25) is 0 Å². The molecule has 0 aliphatic rings. The zero-order valence-corrected chi connectivity index (χ0v) is 16.7. The van der Waals surface area contributed by atoms with Crippen LogP contribution >= 0.6 is 0 Å². The highest BCUT2D eigenvalue weighted by Gasteiger charge is 1.96. The standard InChI is InChI=1S/C21H40O4/c1-20(22)24-18-16-14-12-10-8-6-4-3-5-7-9-11-13-15-17-19-25-21(2)23/h3-19H2,1-2H3. The molecule has 0 aliphatic heterocycles. The van der Waals surface area contributed by atoms with Crippen molar-refractivity contribution >= 4 is 11.9 Å².